The number of thiazole rings is 1. The summed E-state index contributed by atoms with van der Waals surface area (Å²) in [4.78, 5) is 43.1. The van der Waals surface area contributed by atoms with E-state index >= 15 is 0 Å². The molecule has 0 saturated heterocycles. The Balaban J connectivity index is 1.27. The molecule has 2 aromatic carbocycles. The summed E-state index contributed by atoms with van der Waals surface area (Å²) in [6, 6.07) is 15.8. The summed E-state index contributed by atoms with van der Waals surface area (Å²) in [5.41, 5.74) is 2.40. The molecule has 5 rings (SSSR count). The maximum atomic E-state index is 13.2. The van der Waals surface area contributed by atoms with Crippen LogP contribution in [0.4, 0.5) is 13.9 Å². The van der Waals surface area contributed by atoms with Crippen LogP contribution in [0.25, 0.3) is 22.4 Å². The Morgan fingerprint density at radius 3 is 2.59 bits per heavy atom. The first-order valence-electron chi connectivity index (χ1n) is 11.6. The number of alkyl halides is 2. The number of amides is 1. The highest BCUT2D eigenvalue weighted by atomic mass is 32.2. The normalized spacial score (nSPS) is 11.2. The number of aryl methyl sites for hydroxylation is 1. The molecule has 39 heavy (non-hydrogen) atoms. The van der Waals surface area contributed by atoms with E-state index in [1.807, 2.05) is 30.3 Å². The van der Waals surface area contributed by atoms with E-state index in [1.165, 1.54) is 40.4 Å². The Morgan fingerprint density at radius 1 is 1.05 bits per heavy atom. The van der Waals surface area contributed by atoms with Crippen LogP contribution in [0.5, 0.6) is 5.75 Å². The maximum Gasteiger partial charge on any atom is 0.387 e. The van der Waals surface area contributed by atoms with E-state index in [-0.39, 0.29) is 34.1 Å². The first-order chi connectivity index (χ1) is 19.0. The van der Waals surface area contributed by atoms with Gasteiger partial charge in [-0.3, -0.25) is 14.2 Å². The van der Waals surface area contributed by atoms with Crippen molar-refractivity contribution in [3.63, 3.8) is 0 Å². The highest BCUT2D eigenvalue weighted by Gasteiger charge is 2.16. The van der Waals surface area contributed by atoms with Crippen LogP contribution in [0.15, 0.2) is 82.3 Å². The first kappa shape index (κ1) is 26.4. The lowest BCUT2D eigenvalue weighted by Gasteiger charge is -2.12. The zero-order chi connectivity index (χ0) is 27.2. The molecule has 0 fully saturated rings. The number of nitrogens with one attached hydrogen (secondary N) is 1. The second-order valence-electron chi connectivity index (χ2n) is 8.09. The summed E-state index contributed by atoms with van der Waals surface area (Å²) in [7, 11) is 0. The fourth-order valence-electron chi connectivity index (χ4n) is 3.68. The number of fused-ring (bicyclic) bond motifs is 1. The minimum Gasteiger partial charge on any atom is -0.435 e. The zero-order valence-electron chi connectivity index (χ0n) is 20.2. The summed E-state index contributed by atoms with van der Waals surface area (Å²) in [6.07, 6.45) is 3.51. The quantitative estimate of drug-likeness (QED) is 0.188. The van der Waals surface area contributed by atoms with Gasteiger partial charge >= 0.3 is 6.61 Å². The second-order valence-corrected chi connectivity index (χ2v) is 9.89. The van der Waals surface area contributed by atoms with Crippen molar-refractivity contribution in [1.29, 1.82) is 0 Å². The lowest BCUT2D eigenvalue weighted by atomic mass is 10.1. The monoisotopic (exact) mass is 566 g/mol. The third kappa shape index (κ3) is 6.62. The Bertz CT molecular complexity index is 1650. The van der Waals surface area contributed by atoms with E-state index in [9.17, 15) is 18.4 Å². The first-order valence-corrected chi connectivity index (χ1v) is 13.5. The van der Waals surface area contributed by atoms with Crippen LogP contribution >= 0.6 is 23.1 Å². The van der Waals surface area contributed by atoms with Crippen LogP contribution in [-0.4, -0.2) is 42.8 Å². The Hall–Kier alpha value is -4.23. The average Bonchev–Trinajstić information content (AvgIpc) is 3.40. The molecule has 198 valence electrons. The van der Waals surface area contributed by atoms with Crippen molar-refractivity contribution < 1.29 is 18.3 Å². The number of ether oxygens (including phenoxy) is 1. The van der Waals surface area contributed by atoms with E-state index in [2.05, 4.69) is 30.0 Å². The third-order valence-electron chi connectivity index (χ3n) is 5.48. The van der Waals surface area contributed by atoms with Gasteiger partial charge in [0.25, 0.3) is 5.56 Å². The predicted molar refractivity (Wildman–Crippen MR) is 145 cm³/mol. The van der Waals surface area contributed by atoms with Gasteiger partial charge in [0.2, 0.25) is 5.91 Å². The molecule has 0 bridgehead atoms. The van der Waals surface area contributed by atoms with Gasteiger partial charge < -0.3 is 10.1 Å². The number of anilines is 1. The minimum atomic E-state index is -2.90. The summed E-state index contributed by atoms with van der Waals surface area (Å²) in [6.45, 7) is -2.53. The topological polar surface area (TPSA) is 112 Å². The van der Waals surface area contributed by atoms with Gasteiger partial charge in [-0.05, 0) is 36.2 Å². The molecule has 0 spiro atoms. The van der Waals surface area contributed by atoms with Crippen molar-refractivity contribution >= 4 is 45.3 Å². The van der Waals surface area contributed by atoms with Crippen LogP contribution in [0.3, 0.4) is 0 Å². The van der Waals surface area contributed by atoms with Gasteiger partial charge in [0.05, 0.1) is 11.4 Å². The van der Waals surface area contributed by atoms with Crippen LogP contribution in [0.1, 0.15) is 5.56 Å². The molecule has 0 aliphatic rings. The highest BCUT2D eigenvalue weighted by molar-refractivity contribution is 7.99. The summed E-state index contributed by atoms with van der Waals surface area (Å²) >= 11 is 2.35. The maximum absolute atomic E-state index is 13.2. The number of carbonyl (C=O) groups is 1. The van der Waals surface area contributed by atoms with Gasteiger partial charge in [0.15, 0.2) is 21.5 Å². The number of benzene rings is 2. The second kappa shape index (κ2) is 12.1. The van der Waals surface area contributed by atoms with Crippen LogP contribution in [-0.2, 0) is 17.8 Å². The van der Waals surface area contributed by atoms with Crippen molar-refractivity contribution in [3.8, 4) is 17.0 Å². The molecular formula is C26H20F2N6O3S2. The fraction of sp³-hybridized carbons (Fsp3) is 0.154. The molecule has 0 aliphatic heterocycles. The number of thioether (sulfide) groups is 1. The average molecular weight is 567 g/mol. The molecule has 3 aromatic heterocycles. The molecule has 0 aliphatic carbocycles. The van der Waals surface area contributed by atoms with Crippen LogP contribution in [0.2, 0.25) is 0 Å². The number of hydrogen-bond donors (Lipinski definition) is 1. The molecule has 0 saturated carbocycles. The Morgan fingerprint density at radius 2 is 1.82 bits per heavy atom. The Labute approximate surface area is 228 Å². The fourth-order valence-corrected chi connectivity index (χ4v) is 5.23. The van der Waals surface area contributed by atoms with Gasteiger partial charge in [-0.15, -0.1) is 11.3 Å². The van der Waals surface area contributed by atoms with E-state index in [1.54, 1.807) is 17.5 Å². The number of carbonyl (C=O) groups excluding carboxylic acids is 1. The lowest BCUT2D eigenvalue weighted by molar-refractivity contribution is -0.113. The number of rotatable bonds is 10. The molecule has 5 aromatic rings. The zero-order valence-corrected chi connectivity index (χ0v) is 21.8. The van der Waals surface area contributed by atoms with Crippen molar-refractivity contribution in [3.05, 3.63) is 88.3 Å². The van der Waals surface area contributed by atoms with Gasteiger partial charge in [-0.2, -0.15) is 8.78 Å². The van der Waals surface area contributed by atoms with Crippen molar-refractivity contribution in [1.82, 2.24) is 24.5 Å². The van der Waals surface area contributed by atoms with Crippen LogP contribution < -0.4 is 15.6 Å². The van der Waals surface area contributed by atoms with Gasteiger partial charge in [-0.25, -0.2) is 19.9 Å². The van der Waals surface area contributed by atoms with E-state index in [4.69, 9.17) is 0 Å². The van der Waals surface area contributed by atoms with Crippen molar-refractivity contribution in [2.24, 2.45) is 0 Å². The van der Waals surface area contributed by atoms with E-state index in [0.717, 1.165) is 17.3 Å². The molecule has 1 amide bonds. The highest BCUT2D eigenvalue weighted by Crippen LogP contribution is 2.27. The van der Waals surface area contributed by atoms with Crippen molar-refractivity contribution in [2.45, 2.75) is 24.7 Å². The summed E-state index contributed by atoms with van der Waals surface area (Å²) < 4.78 is 30.6. The number of nitrogens with zero attached hydrogens (tertiary/aromatic N) is 5. The van der Waals surface area contributed by atoms with Gasteiger partial charge in [-0.1, -0.05) is 42.1 Å². The largest absolute Gasteiger partial charge is 0.435 e. The molecule has 3 heterocycles. The Kier molecular flexibility index (Phi) is 8.18. The third-order valence-corrected chi connectivity index (χ3v) is 7.22. The van der Waals surface area contributed by atoms with Crippen molar-refractivity contribution in [2.75, 3.05) is 11.1 Å². The molecule has 13 heteroatoms. The molecule has 9 nitrogen and oxygen atoms in total. The smallest absolute Gasteiger partial charge is 0.387 e. The number of hydrogen-bond acceptors (Lipinski definition) is 9. The molecule has 0 atom stereocenters. The standard InChI is InChI=1S/C26H20F2N6O3S2/c27-24(28)37-18-8-6-17(7-9-18)19-14-38-25(31-19)32-20(35)15-39-26-33-22-21(29-11-12-30-22)23(36)34(26)13-10-16-4-2-1-3-5-16/h1-9,11-12,14,24H,10,13,15H2,(H,31,32,35). The number of aromatic nitrogens is 5. The van der Waals surface area contributed by atoms with Gasteiger partial charge in [0, 0.05) is 29.9 Å². The van der Waals surface area contributed by atoms with Crippen LogP contribution in [0, 0.1) is 0 Å². The van der Waals surface area contributed by atoms with E-state index < -0.39 is 6.61 Å². The SMILES string of the molecule is O=C(CSc1nc2nccnc2c(=O)n1CCc1ccccc1)Nc1nc(-c2ccc(OC(F)F)cc2)cs1. The van der Waals surface area contributed by atoms with Gasteiger partial charge in [0.1, 0.15) is 5.75 Å². The predicted octanol–water partition coefficient (Wildman–Crippen LogP) is 4.88. The van der Waals surface area contributed by atoms with E-state index in [0.29, 0.717) is 34.5 Å². The summed E-state index contributed by atoms with van der Waals surface area (Å²) in [5, 5.41) is 5.24. The molecule has 0 unspecified atom stereocenters. The molecule has 1 N–H and O–H groups in total. The number of halogens is 2. The molecule has 0 radical (unpaired) electrons. The summed E-state index contributed by atoms with van der Waals surface area (Å²) in [5.74, 6) is -0.298. The minimum absolute atomic E-state index is 0.0158. The lowest BCUT2D eigenvalue weighted by Crippen LogP contribution is -2.26. The molecular weight excluding hydrogens is 546 g/mol.